The van der Waals surface area contributed by atoms with Crippen LogP contribution in [0.4, 0.5) is 0 Å². The molecule has 2 aromatic heterocycles. The highest BCUT2D eigenvalue weighted by atomic mass is 32.2. The van der Waals surface area contributed by atoms with Gasteiger partial charge in [-0.3, -0.25) is 4.79 Å². The van der Waals surface area contributed by atoms with E-state index in [1.54, 1.807) is 47.7 Å². The molecule has 0 saturated carbocycles. The Balaban J connectivity index is 1.58. The number of nitrogens with zero attached hydrogens (tertiary/aromatic N) is 3. The van der Waals surface area contributed by atoms with Crippen LogP contribution in [0.15, 0.2) is 63.3 Å². The summed E-state index contributed by atoms with van der Waals surface area (Å²) in [6, 6.07) is 11.8. The largest absolute Gasteiger partial charge is 0.455 e. The van der Waals surface area contributed by atoms with Gasteiger partial charge in [0.15, 0.2) is 10.9 Å². The number of aromatic nitrogens is 2. The van der Waals surface area contributed by atoms with Crippen LogP contribution in [0, 0.1) is 0 Å². The third-order valence-corrected chi connectivity index (χ3v) is 5.74. The third kappa shape index (κ3) is 4.53. The van der Waals surface area contributed by atoms with Crippen molar-refractivity contribution in [1.29, 1.82) is 0 Å². The van der Waals surface area contributed by atoms with E-state index in [-0.39, 0.29) is 5.91 Å². The van der Waals surface area contributed by atoms with Crippen LogP contribution in [0.2, 0.25) is 0 Å². The van der Waals surface area contributed by atoms with E-state index in [0.717, 1.165) is 16.5 Å². The highest BCUT2D eigenvalue weighted by Crippen LogP contribution is 2.22. The first-order valence-electron chi connectivity index (χ1n) is 8.14. The number of furan rings is 1. The van der Waals surface area contributed by atoms with Gasteiger partial charge in [-0.25, -0.2) is 4.98 Å². The Morgan fingerprint density at radius 1 is 1.23 bits per heavy atom. The Hall–Kier alpha value is -2.12. The van der Waals surface area contributed by atoms with Gasteiger partial charge >= 0.3 is 0 Å². The smallest absolute Gasteiger partial charge is 0.289 e. The lowest BCUT2D eigenvalue weighted by Crippen LogP contribution is -2.25. The van der Waals surface area contributed by atoms with Crippen LogP contribution in [-0.4, -0.2) is 33.7 Å². The van der Waals surface area contributed by atoms with E-state index in [0.29, 0.717) is 18.1 Å². The van der Waals surface area contributed by atoms with E-state index in [2.05, 4.69) is 17.1 Å². The van der Waals surface area contributed by atoms with E-state index >= 15 is 0 Å². The third-order valence-electron chi connectivity index (χ3n) is 3.92. The first kappa shape index (κ1) is 18.7. The van der Waals surface area contributed by atoms with Gasteiger partial charge in [0.1, 0.15) is 5.76 Å². The first-order chi connectivity index (χ1) is 12.6. The van der Waals surface area contributed by atoms with Crippen molar-refractivity contribution in [2.45, 2.75) is 22.3 Å². The maximum Gasteiger partial charge on any atom is 0.289 e. The topological polar surface area (TPSA) is 51.3 Å². The second-order valence-corrected chi connectivity index (χ2v) is 7.71. The number of thioether (sulfide) groups is 2. The minimum atomic E-state index is -0.118. The summed E-state index contributed by atoms with van der Waals surface area (Å²) >= 11 is 3.28. The number of hydrogen-bond donors (Lipinski definition) is 0. The molecule has 3 aromatic rings. The molecule has 5 nitrogen and oxygen atoms in total. The SMILES string of the molecule is CSc1ccc(CN(C)C(=O)c2ccc(CSc3nccn3C)o2)cc1. The molecule has 0 N–H and O–H groups in total. The lowest BCUT2D eigenvalue weighted by Gasteiger charge is -2.16. The zero-order valence-corrected chi connectivity index (χ0v) is 16.6. The van der Waals surface area contributed by atoms with E-state index in [1.807, 2.05) is 42.3 Å². The summed E-state index contributed by atoms with van der Waals surface area (Å²) < 4.78 is 7.68. The summed E-state index contributed by atoms with van der Waals surface area (Å²) in [5, 5.41) is 0.917. The van der Waals surface area contributed by atoms with Crippen LogP contribution >= 0.6 is 23.5 Å². The summed E-state index contributed by atoms with van der Waals surface area (Å²) in [6.07, 6.45) is 5.71. The summed E-state index contributed by atoms with van der Waals surface area (Å²) in [5.74, 6) is 1.65. The fraction of sp³-hybridized carbons (Fsp3) is 0.263. The van der Waals surface area contributed by atoms with Crippen molar-refractivity contribution < 1.29 is 9.21 Å². The van der Waals surface area contributed by atoms with E-state index in [4.69, 9.17) is 4.42 Å². The number of rotatable bonds is 7. The molecule has 136 valence electrons. The van der Waals surface area contributed by atoms with Gasteiger partial charge in [-0.2, -0.15) is 0 Å². The standard InChI is InChI=1S/C19H21N3O2S2/c1-21-11-10-20-19(21)26-13-15-6-9-17(24-15)18(23)22(2)12-14-4-7-16(25-3)8-5-14/h4-11H,12-13H2,1-3H3. The molecule has 0 aliphatic carbocycles. The molecule has 1 amide bonds. The molecular weight excluding hydrogens is 366 g/mol. The van der Waals surface area contributed by atoms with Crippen molar-refractivity contribution in [3.05, 3.63) is 65.9 Å². The molecule has 3 rings (SSSR count). The van der Waals surface area contributed by atoms with E-state index in [1.165, 1.54) is 4.90 Å². The summed E-state index contributed by atoms with van der Waals surface area (Å²) in [6.45, 7) is 0.547. The van der Waals surface area contributed by atoms with Gasteiger partial charge in [0.2, 0.25) is 0 Å². The normalized spacial score (nSPS) is 10.9. The highest BCUT2D eigenvalue weighted by molar-refractivity contribution is 7.98. The van der Waals surface area contributed by atoms with Gasteiger partial charge in [0, 0.05) is 37.9 Å². The predicted molar refractivity (Wildman–Crippen MR) is 105 cm³/mol. The lowest BCUT2D eigenvalue weighted by atomic mass is 10.2. The van der Waals surface area contributed by atoms with E-state index < -0.39 is 0 Å². The van der Waals surface area contributed by atoms with Crippen molar-refractivity contribution in [2.24, 2.45) is 7.05 Å². The molecule has 0 aliphatic heterocycles. The second kappa shape index (κ2) is 8.51. The fourth-order valence-corrected chi connectivity index (χ4v) is 3.70. The Bertz CT molecular complexity index is 871. The summed E-state index contributed by atoms with van der Waals surface area (Å²) in [4.78, 5) is 19.7. The van der Waals surface area contributed by atoms with Crippen LogP contribution in [0.1, 0.15) is 21.9 Å². The molecule has 26 heavy (non-hydrogen) atoms. The van der Waals surface area contributed by atoms with Crippen LogP contribution < -0.4 is 0 Å². The Labute approximate surface area is 161 Å². The van der Waals surface area contributed by atoms with Crippen molar-refractivity contribution in [3.63, 3.8) is 0 Å². The maximum atomic E-state index is 12.6. The van der Waals surface area contributed by atoms with Gasteiger partial charge in [-0.05, 0) is 36.1 Å². The molecule has 0 unspecified atom stereocenters. The van der Waals surface area contributed by atoms with Crippen LogP contribution in [0.25, 0.3) is 0 Å². The van der Waals surface area contributed by atoms with Crippen molar-refractivity contribution in [3.8, 4) is 0 Å². The Morgan fingerprint density at radius 2 is 2.00 bits per heavy atom. The van der Waals surface area contributed by atoms with Crippen LogP contribution in [-0.2, 0) is 19.3 Å². The maximum absolute atomic E-state index is 12.6. The molecule has 0 atom stereocenters. The van der Waals surface area contributed by atoms with Crippen molar-refractivity contribution >= 4 is 29.4 Å². The zero-order chi connectivity index (χ0) is 18.5. The number of benzene rings is 1. The summed E-state index contributed by atoms with van der Waals surface area (Å²) in [7, 11) is 3.74. The zero-order valence-electron chi connectivity index (χ0n) is 15.0. The van der Waals surface area contributed by atoms with Gasteiger partial charge in [0.05, 0.1) is 5.75 Å². The average Bonchev–Trinajstić information content (AvgIpc) is 3.29. The minimum absolute atomic E-state index is 0.118. The molecule has 1 aromatic carbocycles. The number of amides is 1. The number of hydrogen-bond acceptors (Lipinski definition) is 5. The number of imidazole rings is 1. The first-order valence-corrected chi connectivity index (χ1v) is 10.3. The molecule has 0 radical (unpaired) electrons. The Morgan fingerprint density at radius 3 is 2.65 bits per heavy atom. The molecular formula is C19H21N3O2S2. The molecule has 2 heterocycles. The van der Waals surface area contributed by atoms with Gasteiger partial charge < -0.3 is 13.9 Å². The molecule has 7 heteroatoms. The lowest BCUT2D eigenvalue weighted by molar-refractivity contribution is 0.0752. The van der Waals surface area contributed by atoms with Crippen molar-refractivity contribution in [2.75, 3.05) is 13.3 Å². The van der Waals surface area contributed by atoms with E-state index in [9.17, 15) is 4.79 Å². The number of carbonyl (C=O) groups excluding carboxylic acids is 1. The van der Waals surface area contributed by atoms with Gasteiger partial charge in [-0.15, -0.1) is 11.8 Å². The molecule has 0 bridgehead atoms. The van der Waals surface area contributed by atoms with Crippen LogP contribution in [0.5, 0.6) is 0 Å². The summed E-state index contributed by atoms with van der Waals surface area (Å²) in [5.41, 5.74) is 1.09. The second-order valence-electron chi connectivity index (χ2n) is 5.88. The monoisotopic (exact) mass is 387 g/mol. The number of carbonyl (C=O) groups is 1. The minimum Gasteiger partial charge on any atom is -0.455 e. The molecule has 0 spiro atoms. The molecule has 0 saturated heterocycles. The fourth-order valence-electron chi connectivity index (χ4n) is 2.46. The molecule has 0 fully saturated rings. The molecule has 0 aliphatic rings. The number of aryl methyl sites for hydroxylation is 1. The van der Waals surface area contributed by atoms with Gasteiger partial charge in [-0.1, -0.05) is 23.9 Å². The van der Waals surface area contributed by atoms with Crippen molar-refractivity contribution in [1.82, 2.24) is 14.5 Å². The predicted octanol–water partition coefficient (Wildman–Crippen LogP) is 4.30. The highest BCUT2D eigenvalue weighted by Gasteiger charge is 2.16. The quantitative estimate of drug-likeness (QED) is 0.566. The Kier molecular flexibility index (Phi) is 6.11. The van der Waals surface area contributed by atoms with Gasteiger partial charge in [0.25, 0.3) is 5.91 Å². The average molecular weight is 388 g/mol. The van der Waals surface area contributed by atoms with Crippen LogP contribution in [0.3, 0.4) is 0 Å².